The molecule has 0 bridgehead atoms. The molecule has 3 N–H and O–H groups in total. The Labute approximate surface area is 198 Å². The highest BCUT2D eigenvalue weighted by Crippen LogP contribution is 2.25. The highest BCUT2D eigenvalue weighted by molar-refractivity contribution is 6.46. The van der Waals surface area contributed by atoms with Crippen LogP contribution >= 0.6 is 11.6 Å². The number of hydrogen-bond acceptors (Lipinski definition) is 6. The maximum atomic E-state index is 12.5. The van der Waals surface area contributed by atoms with Gasteiger partial charge in [-0.2, -0.15) is 5.26 Å². The molecule has 9 heteroatoms. The van der Waals surface area contributed by atoms with Gasteiger partial charge in [-0.1, -0.05) is 54.1 Å². The van der Waals surface area contributed by atoms with Crippen molar-refractivity contribution in [3.05, 3.63) is 105 Å². The quantitative estimate of drug-likeness (QED) is 0.281. The summed E-state index contributed by atoms with van der Waals surface area (Å²) >= 11 is 5.90. The number of nitriles is 1. The van der Waals surface area contributed by atoms with Crippen molar-refractivity contribution in [2.75, 3.05) is 10.6 Å². The molecule has 4 aromatic rings. The van der Waals surface area contributed by atoms with Crippen LogP contribution in [0.3, 0.4) is 0 Å². The Morgan fingerprint density at radius 1 is 0.941 bits per heavy atom. The highest BCUT2D eigenvalue weighted by atomic mass is 35.5. The van der Waals surface area contributed by atoms with Crippen molar-refractivity contribution in [1.29, 1.82) is 5.26 Å². The number of H-pyrrole nitrogens is 1. The number of Topliss-reactive ketones (excluding diaryl/α,β-unsaturated/α-hetero) is 1. The highest BCUT2D eigenvalue weighted by Gasteiger charge is 2.18. The molecule has 0 saturated heterocycles. The average molecular weight is 470 g/mol. The fraction of sp³-hybridized carbons (Fsp3) is 0. The first-order chi connectivity index (χ1) is 16.4. The summed E-state index contributed by atoms with van der Waals surface area (Å²) in [5.41, 5.74) is 0.911. The zero-order chi connectivity index (χ0) is 24.1. The lowest BCUT2D eigenvalue weighted by Crippen LogP contribution is -2.22. The van der Waals surface area contributed by atoms with E-state index in [1.807, 2.05) is 6.07 Å². The Hall–Kier alpha value is -4.74. The fourth-order valence-corrected chi connectivity index (χ4v) is 3.29. The smallest absolute Gasteiger partial charge is 0.296 e. The predicted octanol–water partition coefficient (Wildman–Crippen LogP) is 4.53. The van der Waals surface area contributed by atoms with Gasteiger partial charge in [0.15, 0.2) is 0 Å². The van der Waals surface area contributed by atoms with E-state index in [-0.39, 0.29) is 22.8 Å². The maximum Gasteiger partial charge on any atom is 0.296 e. The third-order valence-corrected chi connectivity index (χ3v) is 5.03. The van der Waals surface area contributed by atoms with E-state index in [2.05, 4.69) is 20.6 Å². The molecule has 8 nitrogen and oxygen atoms in total. The second kappa shape index (κ2) is 9.81. The summed E-state index contributed by atoms with van der Waals surface area (Å²) < 4.78 is 0. The van der Waals surface area contributed by atoms with Crippen LogP contribution < -0.4 is 16.2 Å². The molecule has 0 radical (unpaired) electrons. The van der Waals surface area contributed by atoms with E-state index in [4.69, 9.17) is 11.6 Å². The van der Waals surface area contributed by atoms with Crippen molar-refractivity contribution in [2.45, 2.75) is 0 Å². The average Bonchev–Trinajstić information content (AvgIpc) is 2.85. The molecule has 0 aliphatic rings. The Morgan fingerprint density at radius 2 is 1.68 bits per heavy atom. The molecule has 1 amide bonds. The number of anilines is 3. The third-order valence-electron chi connectivity index (χ3n) is 4.77. The lowest BCUT2D eigenvalue weighted by molar-refractivity contribution is -0.112. The van der Waals surface area contributed by atoms with Crippen molar-refractivity contribution < 1.29 is 9.59 Å². The van der Waals surface area contributed by atoms with Crippen molar-refractivity contribution in [2.24, 2.45) is 0 Å². The SMILES string of the molecule is N#Cc1c(-c2cccc(NC(=O)C(=O)c3ccccc3)c2)nc(Nc2ccc(Cl)cc2)[nH]c1=O. The second-order valence-electron chi connectivity index (χ2n) is 7.11. The van der Waals surface area contributed by atoms with Crippen molar-refractivity contribution in [3.8, 4) is 17.3 Å². The van der Waals surface area contributed by atoms with Crippen molar-refractivity contribution >= 4 is 40.6 Å². The van der Waals surface area contributed by atoms with Gasteiger partial charge in [0.2, 0.25) is 5.95 Å². The number of halogens is 1. The van der Waals surface area contributed by atoms with Gasteiger partial charge in [0.05, 0.1) is 5.69 Å². The molecule has 1 aromatic heterocycles. The van der Waals surface area contributed by atoms with E-state index in [0.717, 1.165) is 0 Å². The summed E-state index contributed by atoms with van der Waals surface area (Å²) in [5, 5.41) is 15.6. The van der Waals surface area contributed by atoms with Crippen LogP contribution in [0.4, 0.5) is 17.3 Å². The van der Waals surface area contributed by atoms with E-state index in [9.17, 15) is 19.6 Å². The van der Waals surface area contributed by atoms with Crippen LogP contribution in [0.25, 0.3) is 11.3 Å². The molecule has 3 aromatic carbocycles. The number of rotatable bonds is 6. The van der Waals surface area contributed by atoms with Crippen LogP contribution in [0.2, 0.25) is 5.02 Å². The Bertz CT molecular complexity index is 1480. The van der Waals surface area contributed by atoms with Gasteiger partial charge in [-0.05, 0) is 36.4 Å². The zero-order valence-corrected chi connectivity index (χ0v) is 18.3. The molecule has 0 aliphatic heterocycles. The number of benzene rings is 3. The van der Waals surface area contributed by atoms with Crippen LogP contribution in [0.5, 0.6) is 0 Å². The normalized spacial score (nSPS) is 10.2. The van der Waals surface area contributed by atoms with Gasteiger partial charge in [-0.3, -0.25) is 19.4 Å². The fourth-order valence-electron chi connectivity index (χ4n) is 3.17. The van der Waals surface area contributed by atoms with E-state index in [1.54, 1.807) is 72.8 Å². The summed E-state index contributed by atoms with van der Waals surface area (Å²) in [5.74, 6) is -1.38. The van der Waals surface area contributed by atoms with Gasteiger partial charge < -0.3 is 10.6 Å². The number of amides is 1. The molecule has 0 saturated carbocycles. The second-order valence-corrected chi connectivity index (χ2v) is 7.55. The molecule has 1 heterocycles. The Balaban J connectivity index is 1.64. The number of hydrogen-bond donors (Lipinski definition) is 3. The summed E-state index contributed by atoms with van der Waals surface area (Å²) in [4.78, 5) is 44.2. The van der Waals surface area contributed by atoms with E-state index in [1.165, 1.54) is 6.07 Å². The molecular formula is C25H16ClN5O3. The van der Waals surface area contributed by atoms with Crippen LogP contribution in [0, 0.1) is 11.3 Å². The number of nitrogens with one attached hydrogen (secondary N) is 3. The van der Waals surface area contributed by atoms with Gasteiger partial charge in [0, 0.05) is 27.5 Å². The third kappa shape index (κ3) is 5.01. The number of carbonyl (C=O) groups excluding carboxylic acids is 2. The molecule has 34 heavy (non-hydrogen) atoms. The number of nitrogens with zero attached hydrogens (tertiary/aromatic N) is 2. The van der Waals surface area contributed by atoms with Gasteiger partial charge >= 0.3 is 0 Å². The van der Waals surface area contributed by atoms with E-state index >= 15 is 0 Å². The number of ketones is 1. The predicted molar refractivity (Wildman–Crippen MR) is 129 cm³/mol. The van der Waals surface area contributed by atoms with E-state index < -0.39 is 17.2 Å². The van der Waals surface area contributed by atoms with Crippen molar-refractivity contribution in [3.63, 3.8) is 0 Å². The minimum atomic E-state index is -0.812. The van der Waals surface area contributed by atoms with E-state index in [0.29, 0.717) is 22.0 Å². The molecule has 166 valence electrons. The van der Waals surface area contributed by atoms with Crippen LogP contribution in [-0.2, 0) is 4.79 Å². The minimum Gasteiger partial charge on any atom is -0.326 e. The summed E-state index contributed by atoms with van der Waals surface area (Å²) in [6, 6.07) is 23.2. The standard InChI is InChI=1S/C25H16ClN5O3/c26-17-9-11-18(12-10-17)29-25-30-21(20(14-27)23(33)31-25)16-7-4-8-19(13-16)28-24(34)22(32)15-5-2-1-3-6-15/h1-13H,(H,28,34)(H2,29,30,31,33). The molecule has 0 unspecified atom stereocenters. The number of aromatic nitrogens is 2. The maximum absolute atomic E-state index is 12.5. The lowest BCUT2D eigenvalue weighted by atomic mass is 10.1. The number of aromatic amines is 1. The van der Waals surface area contributed by atoms with Gasteiger partial charge in [-0.25, -0.2) is 4.98 Å². The minimum absolute atomic E-state index is 0.119. The van der Waals surface area contributed by atoms with Crippen LogP contribution in [0.1, 0.15) is 15.9 Å². The topological polar surface area (TPSA) is 128 Å². The first kappa shape index (κ1) is 22.5. The molecule has 0 fully saturated rings. The summed E-state index contributed by atoms with van der Waals surface area (Å²) in [6.07, 6.45) is 0. The van der Waals surface area contributed by atoms with Gasteiger partial charge in [0.1, 0.15) is 11.6 Å². The Kier molecular flexibility index (Phi) is 6.48. The largest absolute Gasteiger partial charge is 0.326 e. The van der Waals surface area contributed by atoms with Crippen LogP contribution in [-0.4, -0.2) is 21.7 Å². The summed E-state index contributed by atoms with van der Waals surface area (Å²) in [7, 11) is 0. The molecule has 0 aliphatic carbocycles. The molecule has 4 rings (SSSR count). The lowest BCUT2D eigenvalue weighted by Gasteiger charge is -2.10. The first-order valence-corrected chi connectivity index (χ1v) is 10.4. The monoisotopic (exact) mass is 469 g/mol. The van der Waals surface area contributed by atoms with Gasteiger partial charge in [-0.15, -0.1) is 0 Å². The Morgan fingerprint density at radius 3 is 2.38 bits per heavy atom. The molecule has 0 spiro atoms. The summed E-state index contributed by atoms with van der Waals surface area (Å²) in [6.45, 7) is 0. The van der Waals surface area contributed by atoms with Gasteiger partial charge in [0.25, 0.3) is 17.2 Å². The zero-order valence-electron chi connectivity index (χ0n) is 17.5. The first-order valence-electron chi connectivity index (χ1n) is 10.0. The molecule has 0 atom stereocenters. The van der Waals surface area contributed by atoms with Crippen molar-refractivity contribution in [1.82, 2.24) is 9.97 Å². The molecular weight excluding hydrogens is 454 g/mol. The number of carbonyl (C=O) groups is 2. The van der Waals surface area contributed by atoms with Crippen LogP contribution in [0.15, 0.2) is 83.7 Å².